The largest absolute Gasteiger partial charge is 0.489 e. The van der Waals surface area contributed by atoms with Crippen LogP contribution < -0.4 is 15.0 Å². The van der Waals surface area contributed by atoms with E-state index in [0.717, 1.165) is 27.9 Å². The minimum absolute atomic E-state index is 0.226. The summed E-state index contributed by atoms with van der Waals surface area (Å²) in [5.41, 5.74) is 2.94. The van der Waals surface area contributed by atoms with E-state index < -0.39 is 17.1 Å². The maximum atomic E-state index is 13.0. The van der Waals surface area contributed by atoms with Crippen LogP contribution in [0.15, 0.2) is 71.6 Å². The van der Waals surface area contributed by atoms with Gasteiger partial charge in [-0.05, 0) is 59.8 Å². The number of nitrogens with one attached hydrogen (secondary N) is 1. The highest BCUT2D eigenvalue weighted by Crippen LogP contribution is 2.33. The minimum Gasteiger partial charge on any atom is -0.489 e. The van der Waals surface area contributed by atoms with Gasteiger partial charge >= 0.3 is 0 Å². The van der Waals surface area contributed by atoms with E-state index in [-0.39, 0.29) is 18.1 Å². The number of para-hydroxylation sites is 2. The third-order valence-electron chi connectivity index (χ3n) is 6.27. The molecule has 1 N–H and O–H groups in total. The van der Waals surface area contributed by atoms with Crippen molar-refractivity contribution in [2.45, 2.75) is 6.61 Å². The van der Waals surface area contributed by atoms with Gasteiger partial charge in [0.1, 0.15) is 18.9 Å². The van der Waals surface area contributed by atoms with Crippen molar-refractivity contribution in [2.75, 3.05) is 43.1 Å². The van der Waals surface area contributed by atoms with Crippen LogP contribution in [-0.4, -0.2) is 54.8 Å². The number of ether oxygens (including phenoxy) is 2. The lowest BCUT2D eigenvalue weighted by Gasteiger charge is -2.30. The molecule has 2 saturated heterocycles. The predicted molar refractivity (Wildman–Crippen MR) is 158 cm³/mol. The number of amides is 3. The molecule has 2 fully saturated rings. The zero-order valence-electron chi connectivity index (χ0n) is 21.3. The molecule has 3 amide bonds. The quantitative estimate of drug-likeness (QED) is 0.315. The first-order chi connectivity index (χ1) is 19.4. The number of carbonyl (C=O) groups is 3. The first-order valence-electron chi connectivity index (χ1n) is 12.5. The fourth-order valence-corrected chi connectivity index (χ4v) is 5.58. The molecule has 0 unspecified atom stereocenters. The van der Waals surface area contributed by atoms with Gasteiger partial charge in [0.25, 0.3) is 11.1 Å². The Labute approximate surface area is 245 Å². The number of hydrogen-bond acceptors (Lipinski definition) is 7. The smallest absolute Gasteiger partial charge is 0.294 e. The Morgan fingerprint density at radius 2 is 1.82 bits per heavy atom. The molecular formula is C29H25Cl2N3O5S. The van der Waals surface area contributed by atoms with Crippen molar-refractivity contribution in [2.24, 2.45) is 0 Å². The maximum Gasteiger partial charge on any atom is 0.294 e. The summed E-state index contributed by atoms with van der Waals surface area (Å²) in [7, 11) is 0. The van der Waals surface area contributed by atoms with E-state index in [4.69, 9.17) is 32.7 Å². The molecule has 8 nitrogen and oxygen atoms in total. The Bertz CT molecular complexity index is 1480. The SMILES string of the molecule is O=C(CN1C(=O)S/C(=C/c2cccc(OCc3ccc(Cl)cc3Cl)c2)C1=O)Nc1ccccc1N1CCOCC1. The molecule has 5 rings (SSSR count). The van der Waals surface area contributed by atoms with Crippen LogP contribution in [0.3, 0.4) is 0 Å². The third-order valence-corrected chi connectivity index (χ3v) is 7.76. The van der Waals surface area contributed by atoms with Crippen molar-refractivity contribution in [1.82, 2.24) is 4.90 Å². The van der Waals surface area contributed by atoms with Gasteiger partial charge < -0.3 is 19.7 Å². The van der Waals surface area contributed by atoms with Gasteiger partial charge in [-0.1, -0.05) is 53.5 Å². The van der Waals surface area contributed by atoms with Gasteiger partial charge in [0.2, 0.25) is 5.91 Å². The Morgan fingerprint density at radius 1 is 1.02 bits per heavy atom. The van der Waals surface area contributed by atoms with Crippen LogP contribution in [0.1, 0.15) is 11.1 Å². The van der Waals surface area contributed by atoms with Crippen LogP contribution in [-0.2, 0) is 20.9 Å². The topological polar surface area (TPSA) is 88.2 Å². The van der Waals surface area contributed by atoms with Crippen LogP contribution >= 0.6 is 35.0 Å². The summed E-state index contributed by atoms with van der Waals surface area (Å²) in [5, 5.41) is 3.40. The first-order valence-corrected chi connectivity index (χ1v) is 14.1. The summed E-state index contributed by atoms with van der Waals surface area (Å²) in [6, 6.07) is 19.7. The van der Waals surface area contributed by atoms with Crippen molar-refractivity contribution in [1.29, 1.82) is 0 Å². The molecule has 0 spiro atoms. The van der Waals surface area contributed by atoms with E-state index in [9.17, 15) is 14.4 Å². The van der Waals surface area contributed by atoms with Gasteiger partial charge in [-0.25, -0.2) is 0 Å². The number of hydrogen-bond donors (Lipinski definition) is 1. The summed E-state index contributed by atoms with van der Waals surface area (Å²) in [6.07, 6.45) is 1.61. The van der Waals surface area contributed by atoms with Gasteiger partial charge in [-0.2, -0.15) is 0 Å². The minimum atomic E-state index is -0.522. The van der Waals surface area contributed by atoms with E-state index in [1.54, 1.807) is 54.6 Å². The van der Waals surface area contributed by atoms with Crippen LogP contribution in [0, 0.1) is 0 Å². The number of benzene rings is 3. The molecule has 0 bridgehead atoms. The molecule has 0 radical (unpaired) electrons. The lowest BCUT2D eigenvalue weighted by atomic mass is 10.2. The summed E-state index contributed by atoms with van der Waals surface area (Å²) >= 11 is 13.0. The zero-order valence-corrected chi connectivity index (χ0v) is 23.6. The summed E-state index contributed by atoms with van der Waals surface area (Å²) in [5.74, 6) is -0.413. The van der Waals surface area contributed by atoms with Gasteiger partial charge in [0, 0.05) is 28.7 Å². The molecular weight excluding hydrogens is 573 g/mol. The van der Waals surface area contributed by atoms with Crippen molar-refractivity contribution in [3.05, 3.63) is 92.8 Å². The summed E-state index contributed by atoms with van der Waals surface area (Å²) < 4.78 is 11.3. The number of imide groups is 1. The van der Waals surface area contributed by atoms with Crippen molar-refractivity contribution >= 4 is 69.5 Å². The monoisotopic (exact) mass is 597 g/mol. The molecule has 3 aromatic carbocycles. The molecule has 0 aliphatic carbocycles. The standard InChI is InChI=1S/C29H25Cl2N3O5S/c30-21-9-8-20(23(31)16-21)18-39-22-5-3-4-19(14-22)15-26-28(36)34(29(37)40-26)17-27(35)32-24-6-1-2-7-25(24)33-10-12-38-13-11-33/h1-9,14-16H,10-13,17-18H2,(H,32,35)/b26-15+. The highest BCUT2D eigenvalue weighted by Gasteiger charge is 2.36. The van der Waals surface area contributed by atoms with E-state index in [1.807, 2.05) is 18.2 Å². The number of anilines is 2. The molecule has 40 heavy (non-hydrogen) atoms. The lowest BCUT2D eigenvalue weighted by Crippen LogP contribution is -2.38. The van der Waals surface area contributed by atoms with Crippen LogP contribution in [0.5, 0.6) is 5.75 Å². The third kappa shape index (κ3) is 6.79. The van der Waals surface area contributed by atoms with E-state index in [2.05, 4.69) is 10.2 Å². The number of carbonyl (C=O) groups excluding carboxylic acids is 3. The zero-order chi connectivity index (χ0) is 28.1. The first kappa shape index (κ1) is 28.0. The van der Waals surface area contributed by atoms with E-state index in [1.165, 1.54) is 0 Å². The maximum absolute atomic E-state index is 13.0. The van der Waals surface area contributed by atoms with Crippen LogP contribution in [0.2, 0.25) is 10.0 Å². The molecule has 0 aromatic heterocycles. The molecule has 3 aromatic rings. The number of morpholine rings is 1. The van der Waals surface area contributed by atoms with Gasteiger partial charge in [0.05, 0.1) is 29.5 Å². The average Bonchev–Trinajstić information content (AvgIpc) is 3.20. The van der Waals surface area contributed by atoms with Gasteiger partial charge in [-0.3, -0.25) is 19.3 Å². The second-order valence-electron chi connectivity index (χ2n) is 9.03. The van der Waals surface area contributed by atoms with Gasteiger partial charge in [0.15, 0.2) is 0 Å². The van der Waals surface area contributed by atoms with Crippen LogP contribution in [0.25, 0.3) is 6.08 Å². The Hall–Kier alpha value is -3.50. The van der Waals surface area contributed by atoms with E-state index >= 15 is 0 Å². The lowest BCUT2D eigenvalue weighted by molar-refractivity contribution is -0.127. The molecule has 206 valence electrons. The van der Waals surface area contributed by atoms with E-state index in [0.29, 0.717) is 53.3 Å². The predicted octanol–water partition coefficient (Wildman–Crippen LogP) is 6.08. The Balaban J connectivity index is 1.22. The fourth-order valence-electron chi connectivity index (χ4n) is 4.27. The molecule has 0 saturated carbocycles. The highest BCUT2D eigenvalue weighted by molar-refractivity contribution is 8.18. The second kappa shape index (κ2) is 12.8. The highest BCUT2D eigenvalue weighted by atomic mass is 35.5. The molecule has 0 atom stereocenters. The van der Waals surface area contributed by atoms with Gasteiger partial charge in [-0.15, -0.1) is 0 Å². The number of nitrogens with zero attached hydrogens (tertiary/aromatic N) is 2. The molecule has 11 heteroatoms. The fraction of sp³-hybridized carbons (Fsp3) is 0.207. The average molecular weight is 599 g/mol. The molecule has 2 aliphatic rings. The van der Waals surface area contributed by atoms with Crippen molar-refractivity contribution < 1.29 is 23.9 Å². The van der Waals surface area contributed by atoms with Crippen molar-refractivity contribution in [3.63, 3.8) is 0 Å². The summed E-state index contributed by atoms with van der Waals surface area (Å²) in [6.45, 7) is 2.49. The number of halogens is 2. The van der Waals surface area contributed by atoms with Crippen molar-refractivity contribution in [3.8, 4) is 5.75 Å². The Morgan fingerprint density at radius 3 is 2.62 bits per heavy atom. The second-order valence-corrected chi connectivity index (χ2v) is 10.9. The van der Waals surface area contributed by atoms with Crippen LogP contribution in [0.4, 0.5) is 16.2 Å². The normalized spacial score (nSPS) is 16.5. The molecule has 2 aliphatic heterocycles. The molecule has 2 heterocycles. The summed E-state index contributed by atoms with van der Waals surface area (Å²) in [4.78, 5) is 41.9. The number of rotatable bonds is 8. The number of thioether (sulfide) groups is 1. The Kier molecular flexibility index (Phi) is 8.96.